The quantitative estimate of drug-likeness (QED) is 0.862. The van der Waals surface area contributed by atoms with Crippen LogP contribution in [0.3, 0.4) is 0 Å². The lowest BCUT2D eigenvalue weighted by Crippen LogP contribution is -2.21. The van der Waals surface area contributed by atoms with Crippen molar-refractivity contribution in [3.8, 4) is 5.69 Å². The summed E-state index contributed by atoms with van der Waals surface area (Å²) in [5.41, 5.74) is 4.64. The van der Waals surface area contributed by atoms with E-state index in [1.54, 1.807) is 0 Å². The molecule has 0 aliphatic heterocycles. The lowest BCUT2D eigenvalue weighted by atomic mass is 10.2. The molecule has 132 valence electrons. The maximum Gasteiger partial charge on any atom is 0.416 e. The van der Waals surface area contributed by atoms with Crippen molar-refractivity contribution in [2.24, 2.45) is 10.7 Å². The summed E-state index contributed by atoms with van der Waals surface area (Å²) in [5.74, 6) is 0. The number of hydrogen-bond acceptors (Lipinski definition) is 4. The van der Waals surface area contributed by atoms with Gasteiger partial charge in [-0.3, -0.25) is 9.79 Å². The van der Waals surface area contributed by atoms with Gasteiger partial charge < -0.3 is 5.73 Å². The van der Waals surface area contributed by atoms with Crippen LogP contribution >= 0.6 is 0 Å². The highest BCUT2D eigenvalue weighted by Crippen LogP contribution is 2.30. The molecular weight excluding hydrogens is 333 g/mol. The van der Waals surface area contributed by atoms with Gasteiger partial charge in [-0.05, 0) is 44.3 Å². The molecule has 0 spiro atoms. The average Bonchev–Trinajstić information content (AvgIpc) is 2.54. The highest BCUT2D eigenvalue weighted by atomic mass is 19.4. The van der Waals surface area contributed by atoms with Crippen molar-refractivity contribution in [2.75, 3.05) is 0 Å². The summed E-state index contributed by atoms with van der Waals surface area (Å²) in [4.78, 5) is 16.4. The van der Waals surface area contributed by atoms with Gasteiger partial charge in [-0.1, -0.05) is 6.07 Å². The van der Waals surface area contributed by atoms with E-state index >= 15 is 0 Å². The van der Waals surface area contributed by atoms with Crippen LogP contribution in [-0.4, -0.2) is 21.5 Å². The number of hydrogen-bond donors (Lipinski definition) is 1. The number of aliphatic imine (C=N–C) groups is 1. The largest absolute Gasteiger partial charge is 0.416 e. The van der Waals surface area contributed by atoms with Gasteiger partial charge in [0, 0.05) is 18.3 Å². The second-order valence-corrected chi connectivity index (χ2v) is 5.49. The minimum absolute atomic E-state index is 0.00955. The molecule has 8 heteroatoms. The molecule has 0 bridgehead atoms. The molecule has 0 fully saturated rings. The van der Waals surface area contributed by atoms with Crippen molar-refractivity contribution in [1.82, 2.24) is 9.78 Å². The summed E-state index contributed by atoms with van der Waals surface area (Å²) in [7, 11) is 0. The van der Waals surface area contributed by atoms with Gasteiger partial charge in [-0.15, -0.1) is 0 Å². The van der Waals surface area contributed by atoms with E-state index in [2.05, 4.69) is 10.1 Å². The fraction of sp³-hybridized carbons (Fsp3) is 0.235. The number of allylic oxidation sites excluding steroid dienone is 1. The molecular formula is C17H17F3N4O. The van der Waals surface area contributed by atoms with Crippen LogP contribution in [-0.2, 0) is 6.18 Å². The number of alkyl halides is 3. The van der Waals surface area contributed by atoms with Gasteiger partial charge >= 0.3 is 6.18 Å². The number of benzene rings is 1. The smallest absolute Gasteiger partial charge is 0.405 e. The summed E-state index contributed by atoms with van der Waals surface area (Å²) >= 11 is 0. The summed E-state index contributed by atoms with van der Waals surface area (Å²) in [5, 5.41) is 4.14. The maximum atomic E-state index is 12.9. The van der Waals surface area contributed by atoms with Crippen LogP contribution in [0.2, 0.25) is 0 Å². The Morgan fingerprint density at radius 1 is 1.32 bits per heavy atom. The lowest BCUT2D eigenvalue weighted by molar-refractivity contribution is -0.137. The molecule has 0 aliphatic rings. The predicted octanol–water partition coefficient (Wildman–Crippen LogP) is 2.92. The molecule has 1 aromatic heterocycles. The van der Waals surface area contributed by atoms with Gasteiger partial charge in [-0.2, -0.15) is 18.3 Å². The Hall–Kier alpha value is -2.90. The van der Waals surface area contributed by atoms with Gasteiger partial charge in [0.25, 0.3) is 0 Å². The van der Waals surface area contributed by atoms with Gasteiger partial charge in [0.1, 0.15) is 0 Å². The molecule has 0 radical (unpaired) electrons. The normalized spacial score (nSPS) is 13.0. The number of halogens is 3. The molecule has 1 heterocycles. The first-order valence-corrected chi connectivity index (χ1v) is 7.46. The molecule has 2 rings (SSSR count). The molecule has 0 unspecified atom stereocenters. The average molecular weight is 350 g/mol. The molecule has 2 N–H and O–H groups in total. The molecule has 0 aliphatic carbocycles. The van der Waals surface area contributed by atoms with Crippen LogP contribution in [0.25, 0.3) is 5.69 Å². The number of nitrogens with two attached hydrogens (primary N) is 1. The Morgan fingerprint density at radius 3 is 2.64 bits per heavy atom. The SMILES string of the molecule is CC(C)N=C(C=CN)c1nn(-c2cccc(C(F)(F)F)c2)ccc1=O. The van der Waals surface area contributed by atoms with Crippen LogP contribution in [0.5, 0.6) is 0 Å². The highest BCUT2D eigenvalue weighted by Gasteiger charge is 2.30. The Balaban J connectivity index is 2.58. The molecule has 1 aromatic carbocycles. The molecule has 2 aromatic rings. The van der Waals surface area contributed by atoms with Crippen LogP contribution in [0, 0.1) is 0 Å². The Labute approximate surface area is 142 Å². The number of rotatable bonds is 4. The molecule has 0 atom stereocenters. The van der Waals surface area contributed by atoms with Crippen LogP contribution in [0.1, 0.15) is 25.1 Å². The monoisotopic (exact) mass is 350 g/mol. The Kier molecular flexibility index (Phi) is 5.41. The third kappa shape index (κ3) is 4.56. The molecule has 0 amide bonds. The van der Waals surface area contributed by atoms with E-state index in [-0.39, 0.29) is 23.1 Å². The third-order valence-corrected chi connectivity index (χ3v) is 3.14. The van der Waals surface area contributed by atoms with Gasteiger partial charge in [0.15, 0.2) is 5.69 Å². The van der Waals surface area contributed by atoms with Crippen LogP contribution in [0.4, 0.5) is 13.2 Å². The van der Waals surface area contributed by atoms with Crippen molar-refractivity contribution in [1.29, 1.82) is 0 Å². The first-order valence-electron chi connectivity index (χ1n) is 7.46. The van der Waals surface area contributed by atoms with Crippen LogP contribution < -0.4 is 11.2 Å². The zero-order valence-electron chi connectivity index (χ0n) is 13.7. The summed E-state index contributed by atoms with van der Waals surface area (Å²) in [6.45, 7) is 3.64. The van der Waals surface area contributed by atoms with Crippen molar-refractivity contribution < 1.29 is 13.2 Å². The highest BCUT2D eigenvalue weighted by molar-refractivity contribution is 6.07. The summed E-state index contributed by atoms with van der Waals surface area (Å²) in [6.07, 6.45) is -0.505. The Morgan fingerprint density at radius 2 is 2.04 bits per heavy atom. The molecule has 25 heavy (non-hydrogen) atoms. The fourth-order valence-electron chi connectivity index (χ4n) is 2.11. The summed E-state index contributed by atoms with van der Waals surface area (Å²) in [6, 6.07) is 5.78. The molecule has 0 saturated heterocycles. The predicted molar refractivity (Wildman–Crippen MR) is 89.8 cm³/mol. The zero-order valence-corrected chi connectivity index (χ0v) is 13.7. The minimum Gasteiger partial charge on any atom is -0.405 e. The standard InChI is InChI=1S/C17H17F3N4O/c1-11(2)22-14(6-8-21)16-15(25)7-9-24(23-16)13-5-3-4-12(10-13)17(18,19)20/h3-11H,21H2,1-2H3. The first-order chi connectivity index (χ1) is 11.7. The van der Waals surface area contributed by atoms with Gasteiger partial charge in [0.05, 0.1) is 17.0 Å². The second kappa shape index (κ2) is 7.33. The molecule has 5 nitrogen and oxygen atoms in total. The van der Waals surface area contributed by atoms with E-state index in [0.29, 0.717) is 0 Å². The zero-order chi connectivity index (χ0) is 18.6. The van der Waals surface area contributed by atoms with Crippen molar-refractivity contribution in [3.05, 3.63) is 70.3 Å². The second-order valence-electron chi connectivity index (χ2n) is 5.49. The van der Waals surface area contributed by atoms with Gasteiger partial charge in [-0.25, -0.2) is 4.68 Å². The van der Waals surface area contributed by atoms with Crippen molar-refractivity contribution in [2.45, 2.75) is 26.1 Å². The van der Waals surface area contributed by atoms with Crippen LogP contribution in [0.15, 0.2) is 58.6 Å². The first kappa shape index (κ1) is 18.4. The third-order valence-electron chi connectivity index (χ3n) is 3.14. The lowest BCUT2D eigenvalue weighted by Gasteiger charge is -2.11. The van der Waals surface area contributed by atoms with E-state index in [1.807, 2.05) is 13.8 Å². The maximum absolute atomic E-state index is 12.9. The fourth-order valence-corrected chi connectivity index (χ4v) is 2.11. The number of nitrogens with zero attached hydrogens (tertiary/aromatic N) is 3. The van der Waals surface area contributed by atoms with E-state index in [4.69, 9.17) is 5.73 Å². The van der Waals surface area contributed by atoms with E-state index in [9.17, 15) is 18.0 Å². The van der Waals surface area contributed by atoms with Crippen molar-refractivity contribution >= 4 is 5.71 Å². The van der Waals surface area contributed by atoms with E-state index in [0.717, 1.165) is 12.1 Å². The van der Waals surface area contributed by atoms with E-state index in [1.165, 1.54) is 41.4 Å². The summed E-state index contributed by atoms with van der Waals surface area (Å²) < 4.78 is 39.8. The van der Waals surface area contributed by atoms with Crippen molar-refractivity contribution in [3.63, 3.8) is 0 Å². The topological polar surface area (TPSA) is 73.3 Å². The van der Waals surface area contributed by atoms with E-state index < -0.39 is 17.2 Å². The Bertz CT molecular complexity index is 867. The van der Waals surface area contributed by atoms with Gasteiger partial charge in [0.2, 0.25) is 5.43 Å². The number of aromatic nitrogens is 2. The molecule has 0 saturated carbocycles. The minimum atomic E-state index is -4.47.